The van der Waals surface area contributed by atoms with Crippen molar-refractivity contribution in [3.8, 4) is 0 Å². The van der Waals surface area contributed by atoms with Gasteiger partial charge in [-0.2, -0.15) is 0 Å². The molecule has 0 aliphatic carbocycles. The lowest BCUT2D eigenvalue weighted by Gasteiger charge is -2.48. The predicted octanol–water partition coefficient (Wildman–Crippen LogP) is 10.4. The Morgan fingerprint density at radius 2 is 0.734 bits per heavy atom. The topological polar surface area (TPSA) is 307 Å². The predicted molar refractivity (Wildman–Crippen MR) is 369 cm³/mol. The normalized spacial score (nSPS) is 27.9. The van der Waals surface area contributed by atoms with Gasteiger partial charge in [-0.15, -0.1) is 0 Å². The van der Waals surface area contributed by atoms with Crippen LogP contribution in [0.1, 0.15) is 239 Å². The van der Waals surface area contributed by atoms with Crippen molar-refractivity contribution >= 4 is 5.91 Å². The van der Waals surface area contributed by atoms with E-state index in [9.17, 15) is 61.0 Å². The molecule has 0 aromatic carbocycles. The second-order valence-electron chi connectivity index (χ2n) is 25.7. The van der Waals surface area contributed by atoms with Crippen molar-refractivity contribution in [1.29, 1.82) is 0 Å². The van der Waals surface area contributed by atoms with Crippen molar-refractivity contribution in [2.24, 2.45) is 0 Å². The van der Waals surface area contributed by atoms with Crippen LogP contribution < -0.4 is 5.32 Å². The maximum Gasteiger partial charge on any atom is 0.220 e. The molecule has 3 aliphatic heterocycles. The molecule has 3 aliphatic rings. The SMILES string of the molecule is CC/C=C\C/C=C\C/C=C\C/C=C\C/C=C\C/C=C\C/C=C\C/C=C\CCCCC(=O)NC(COC1OC(CO)C(OC2OC(CO)C(OC3OC(CO)C(O)C(O)C3O)C(O)C2O)C(O)C1O)C(O)CCCCCCCCCCCCCCCCCCCCCCCC. The molecule has 19 heteroatoms. The van der Waals surface area contributed by atoms with E-state index in [1.807, 2.05) is 0 Å². The first kappa shape index (κ1) is 84.9. The Balaban J connectivity index is 1.44. The number of carbonyl (C=O) groups excluding carboxylic acids is 1. The molecule has 0 saturated carbocycles. The summed E-state index contributed by atoms with van der Waals surface area (Å²) in [5.74, 6) is -0.287. The molecule has 94 heavy (non-hydrogen) atoms. The first-order valence-electron chi connectivity index (χ1n) is 36.5. The highest BCUT2D eigenvalue weighted by Gasteiger charge is 2.53. The zero-order valence-electron chi connectivity index (χ0n) is 57.4. The molecular weight excluding hydrogens is 1200 g/mol. The molecule has 3 saturated heterocycles. The number of aliphatic hydroxyl groups excluding tert-OH is 11. The Labute approximate surface area is 564 Å². The highest BCUT2D eigenvalue weighted by molar-refractivity contribution is 5.76. The molecule has 3 fully saturated rings. The molecule has 0 aromatic heterocycles. The van der Waals surface area contributed by atoms with Crippen molar-refractivity contribution in [3.63, 3.8) is 0 Å². The fourth-order valence-electron chi connectivity index (χ4n) is 11.8. The van der Waals surface area contributed by atoms with E-state index < -0.39 is 124 Å². The molecule has 0 spiro atoms. The lowest BCUT2D eigenvalue weighted by Crippen LogP contribution is -2.66. The Kier molecular flexibility index (Phi) is 50.2. The molecule has 12 N–H and O–H groups in total. The van der Waals surface area contributed by atoms with Crippen LogP contribution in [0.25, 0.3) is 0 Å². The first-order valence-corrected chi connectivity index (χ1v) is 36.5. The average Bonchev–Trinajstić information content (AvgIpc) is 0.787. The van der Waals surface area contributed by atoms with Gasteiger partial charge < -0.3 is 89.9 Å². The van der Waals surface area contributed by atoms with Crippen molar-refractivity contribution in [2.75, 3.05) is 26.4 Å². The number of unbranched alkanes of at least 4 members (excludes halogenated alkanes) is 23. The number of allylic oxidation sites excluding steroid dienone is 16. The van der Waals surface area contributed by atoms with Crippen LogP contribution in [0.4, 0.5) is 0 Å². The van der Waals surface area contributed by atoms with Crippen LogP contribution in [-0.2, 0) is 33.2 Å². The van der Waals surface area contributed by atoms with Gasteiger partial charge in [-0.25, -0.2) is 0 Å². The maximum absolute atomic E-state index is 13.4. The molecule has 0 aromatic rings. The van der Waals surface area contributed by atoms with Crippen LogP contribution in [-0.4, -0.2) is 193 Å². The van der Waals surface area contributed by atoms with Crippen LogP contribution in [0, 0.1) is 0 Å². The third-order valence-electron chi connectivity index (χ3n) is 17.7. The summed E-state index contributed by atoms with van der Waals surface area (Å²) in [6.07, 6.45) is 46.2. The number of nitrogens with one attached hydrogen (secondary N) is 1. The number of aliphatic hydroxyl groups is 11. The van der Waals surface area contributed by atoms with Crippen molar-refractivity contribution < 1.29 is 89.4 Å². The monoisotopic (exact) mass is 1330 g/mol. The van der Waals surface area contributed by atoms with E-state index in [1.54, 1.807) is 0 Å². The highest BCUT2D eigenvalue weighted by Crippen LogP contribution is 2.33. The standard InChI is InChI=1S/C75H129NO18/c1-3-5-7-9-11-13-15-17-19-21-23-25-27-28-29-30-31-33-35-37-39-41-43-45-47-49-51-53-63(81)76-58(59(80)52-50-48-46-44-42-40-38-36-34-32-26-24-22-20-18-16-14-12-10-8-6-4-2)57-89-73-69(87)66(84)71(61(55-78)91-73)94-75-70(88)67(85)72(62(56-79)92-75)93-74-68(86)65(83)64(82)60(54-77)90-74/h5,7,11,13,17,19,23,25,28-29,31,33,37,39,43,45,58-62,64-75,77-80,82-88H,3-4,6,8-10,12,14-16,18,20-22,24,26-27,30,32,34-36,38,40-42,44,46-57H2,1-2H3,(H,76,81)/b7-5-,13-11-,19-17-,25-23-,29-28-,33-31-,39-37-,45-43-. The minimum atomic E-state index is -1.98. The fourth-order valence-corrected chi connectivity index (χ4v) is 11.8. The molecule has 19 nitrogen and oxygen atoms in total. The third-order valence-corrected chi connectivity index (χ3v) is 17.7. The van der Waals surface area contributed by atoms with Gasteiger partial charge in [0.05, 0.1) is 38.6 Å². The van der Waals surface area contributed by atoms with Crippen molar-refractivity contribution in [1.82, 2.24) is 5.32 Å². The minimum Gasteiger partial charge on any atom is -0.394 e. The van der Waals surface area contributed by atoms with Crippen LogP contribution in [0.15, 0.2) is 97.2 Å². The van der Waals surface area contributed by atoms with E-state index in [1.165, 1.54) is 116 Å². The quantitative estimate of drug-likeness (QED) is 0.0199. The largest absolute Gasteiger partial charge is 0.394 e. The molecule has 17 unspecified atom stereocenters. The highest BCUT2D eigenvalue weighted by atomic mass is 16.8. The lowest BCUT2D eigenvalue weighted by atomic mass is 9.96. The van der Waals surface area contributed by atoms with E-state index in [2.05, 4.69) is 116 Å². The van der Waals surface area contributed by atoms with Gasteiger partial charge >= 0.3 is 0 Å². The summed E-state index contributed by atoms with van der Waals surface area (Å²) in [6, 6.07) is -0.919. The zero-order chi connectivity index (χ0) is 68.2. The van der Waals surface area contributed by atoms with Crippen LogP contribution in [0.3, 0.4) is 0 Å². The molecule has 1 amide bonds. The lowest BCUT2D eigenvalue weighted by molar-refractivity contribution is -0.379. The van der Waals surface area contributed by atoms with Gasteiger partial charge in [0.25, 0.3) is 0 Å². The smallest absolute Gasteiger partial charge is 0.220 e. The van der Waals surface area contributed by atoms with Gasteiger partial charge in [0.2, 0.25) is 5.91 Å². The van der Waals surface area contributed by atoms with Crippen LogP contribution in [0.5, 0.6) is 0 Å². The summed E-state index contributed by atoms with van der Waals surface area (Å²) in [4.78, 5) is 13.4. The Morgan fingerprint density at radius 3 is 1.13 bits per heavy atom. The maximum atomic E-state index is 13.4. The summed E-state index contributed by atoms with van der Waals surface area (Å²) in [7, 11) is 0. The first-order chi connectivity index (χ1) is 45.8. The molecule has 3 rings (SSSR count). The molecule has 17 atom stereocenters. The van der Waals surface area contributed by atoms with Gasteiger partial charge in [0, 0.05) is 6.42 Å². The molecule has 0 bridgehead atoms. The Bertz CT molecular complexity index is 2080. The summed E-state index contributed by atoms with van der Waals surface area (Å²) in [5, 5.41) is 121. The van der Waals surface area contributed by atoms with E-state index in [4.69, 9.17) is 28.4 Å². The molecule has 3 heterocycles. The fraction of sp³-hybridized carbons (Fsp3) is 0.773. The summed E-state index contributed by atoms with van der Waals surface area (Å²) in [5.41, 5.74) is 0. The van der Waals surface area contributed by atoms with Gasteiger partial charge in [0.1, 0.15) is 73.2 Å². The van der Waals surface area contributed by atoms with Gasteiger partial charge in [-0.05, 0) is 77.0 Å². The second-order valence-corrected chi connectivity index (χ2v) is 25.7. The van der Waals surface area contributed by atoms with Gasteiger partial charge in [-0.1, -0.05) is 252 Å². The summed E-state index contributed by atoms with van der Waals surface area (Å²) < 4.78 is 34.4. The number of ether oxygens (including phenoxy) is 6. The summed E-state index contributed by atoms with van der Waals surface area (Å²) >= 11 is 0. The van der Waals surface area contributed by atoms with Crippen molar-refractivity contribution in [2.45, 2.75) is 343 Å². The number of hydrogen-bond acceptors (Lipinski definition) is 18. The number of amides is 1. The van der Waals surface area contributed by atoms with E-state index in [0.717, 1.165) is 83.5 Å². The Hall–Kier alpha value is -3.29. The zero-order valence-corrected chi connectivity index (χ0v) is 57.4. The van der Waals surface area contributed by atoms with E-state index in [0.29, 0.717) is 19.3 Å². The van der Waals surface area contributed by atoms with Gasteiger partial charge in [0.15, 0.2) is 18.9 Å². The van der Waals surface area contributed by atoms with E-state index >= 15 is 0 Å². The Morgan fingerprint density at radius 1 is 0.394 bits per heavy atom. The van der Waals surface area contributed by atoms with Crippen molar-refractivity contribution in [3.05, 3.63) is 97.2 Å². The minimum absolute atomic E-state index is 0.205. The summed E-state index contributed by atoms with van der Waals surface area (Å²) in [6.45, 7) is 1.66. The van der Waals surface area contributed by atoms with E-state index in [-0.39, 0.29) is 18.9 Å². The van der Waals surface area contributed by atoms with Crippen LogP contribution in [0.2, 0.25) is 0 Å². The average molecular weight is 1330 g/mol. The van der Waals surface area contributed by atoms with Gasteiger partial charge in [-0.3, -0.25) is 4.79 Å². The number of carbonyl (C=O) groups is 1. The third kappa shape index (κ3) is 36.5. The number of hydrogen-bond donors (Lipinski definition) is 12. The molecule has 542 valence electrons. The molecular formula is C75H129NO18. The number of rotatable bonds is 55. The van der Waals surface area contributed by atoms with Crippen LogP contribution >= 0.6 is 0 Å². The second kappa shape index (κ2) is 55.6. The molecule has 0 radical (unpaired) electrons.